The van der Waals surface area contributed by atoms with Gasteiger partial charge in [0.2, 0.25) is 0 Å². The molecule has 0 atom stereocenters. The lowest BCUT2D eigenvalue weighted by Crippen LogP contribution is -2.10. The molecule has 0 aliphatic heterocycles. The second kappa shape index (κ2) is 7.35. The van der Waals surface area contributed by atoms with Gasteiger partial charge in [-0.2, -0.15) is 0 Å². The first-order valence-corrected chi connectivity index (χ1v) is 8.91. The molecule has 0 radical (unpaired) electrons. The zero-order valence-corrected chi connectivity index (χ0v) is 14.8. The van der Waals surface area contributed by atoms with Crippen LogP contribution < -0.4 is 5.32 Å². The van der Waals surface area contributed by atoms with Crippen molar-refractivity contribution in [2.75, 3.05) is 5.32 Å². The van der Waals surface area contributed by atoms with Crippen LogP contribution in [-0.4, -0.2) is 10.9 Å². The van der Waals surface area contributed by atoms with E-state index in [0.717, 1.165) is 10.4 Å². The molecule has 4 rings (SSSR count). The molecule has 2 aromatic carbocycles. The van der Waals surface area contributed by atoms with Crippen molar-refractivity contribution in [2.45, 2.75) is 0 Å². The van der Waals surface area contributed by atoms with Crippen LogP contribution in [0, 0.1) is 4.91 Å². The van der Waals surface area contributed by atoms with Crippen molar-refractivity contribution in [3.05, 3.63) is 83.6 Å². The third kappa shape index (κ3) is 3.68. The normalized spacial score (nSPS) is 10.5. The van der Waals surface area contributed by atoms with Gasteiger partial charge in [0.25, 0.3) is 5.91 Å². The number of benzene rings is 2. The first-order valence-electron chi connectivity index (χ1n) is 8.09. The van der Waals surface area contributed by atoms with Crippen LogP contribution in [0.2, 0.25) is 0 Å². The number of anilines is 1. The van der Waals surface area contributed by atoms with E-state index in [-0.39, 0.29) is 11.7 Å². The minimum absolute atomic E-state index is 0.158. The molecule has 2 heterocycles. The second-order valence-electron chi connectivity index (χ2n) is 5.66. The standard InChI is InChI=1S/C20H13N3O3S/c24-19(22-20-21-12-18(27-20)13-5-2-1-3-6-13)17-10-9-16(26-17)14-7-4-8-15(11-14)23-25/h1-12H,(H,21,22,24). The number of amides is 1. The molecule has 132 valence electrons. The van der Waals surface area contributed by atoms with Gasteiger partial charge < -0.3 is 4.42 Å². The maximum atomic E-state index is 12.4. The number of hydrogen-bond donors (Lipinski definition) is 1. The van der Waals surface area contributed by atoms with Gasteiger partial charge in [0.15, 0.2) is 10.9 Å². The Kier molecular flexibility index (Phi) is 4.59. The Morgan fingerprint density at radius 3 is 2.63 bits per heavy atom. The number of rotatable bonds is 5. The summed E-state index contributed by atoms with van der Waals surface area (Å²) in [7, 11) is 0. The Bertz CT molecular complexity index is 1100. The highest BCUT2D eigenvalue weighted by Gasteiger charge is 2.15. The smallest absolute Gasteiger partial charge is 0.293 e. The zero-order chi connectivity index (χ0) is 18.6. The van der Waals surface area contributed by atoms with Gasteiger partial charge in [-0.1, -0.05) is 53.8 Å². The van der Waals surface area contributed by atoms with E-state index in [1.807, 2.05) is 30.3 Å². The highest BCUT2D eigenvalue weighted by molar-refractivity contribution is 7.19. The van der Waals surface area contributed by atoms with Crippen molar-refractivity contribution in [3.63, 3.8) is 0 Å². The maximum absolute atomic E-state index is 12.4. The van der Waals surface area contributed by atoms with Gasteiger partial charge in [0.05, 0.1) is 4.88 Å². The maximum Gasteiger partial charge on any atom is 0.293 e. The second-order valence-corrected chi connectivity index (χ2v) is 6.69. The van der Waals surface area contributed by atoms with Gasteiger partial charge in [-0.15, -0.1) is 4.91 Å². The summed E-state index contributed by atoms with van der Waals surface area (Å²) in [6.45, 7) is 0. The number of thiazole rings is 1. The summed E-state index contributed by atoms with van der Waals surface area (Å²) in [4.78, 5) is 28.3. The number of nitrogens with one attached hydrogen (secondary N) is 1. The molecule has 0 aliphatic rings. The number of hydrogen-bond acceptors (Lipinski definition) is 6. The molecule has 0 aliphatic carbocycles. The first kappa shape index (κ1) is 16.9. The first-order chi connectivity index (χ1) is 13.2. The monoisotopic (exact) mass is 375 g/mol. The molecule has 0 bridgehead atoms. The van der Waals surface area contributed by atoms with Crippen LogP contribution in [-0.2, 0) is 0 Å². The van der Waals surface area contributed by atoms with Crippen molar-refractivity contribution in [3.8, 4) is 21.8 Å². The fourth-order valence-electron chi connectivity index (χ4n) is 2.56. The van der Waals surface area contributed by atoms with E-state index in [9.17, 15) is 9.70 Å². The third-order valence-corrected chi connectivity index (χ3v) is 4.81. The Balaban J connectivity index is 1.50. The predicted molar refractivity (Wildman–Crippen MR) is 105 cm³/mol. The molecule has 27 heavy (non-hydrogen) atoms. The number of nitroso groups, excluding NO2 is 1. The van der Waals surface area contributed by atoms with Crippen molar-refractivity contribution in [1.82, 2.24) is 4.98 Å². The van der Waals surface area contributed by atoms with Crippen LogP contribution in [0.4, 0.5) is 10.8 Å². The molecule has 6 nitrogen and oxygen atoms in total. The highest BCUT2D eigenvalue weighted by atomic mass is 32.1. The summed E-state index contributed by atoms with van der Waals surface area (Å²) < 4.78 is 5.62. The molecular formula is C20H13N3O3S. The van der Waals surface area contributed by atoms with Crippen LogP contribution in [0.1, 0.15) is 10.6 Å². The van der Waals surface area contributed by atoms with E-state index in [1.165, 1.54) is 11.3 Å². The average molecular weight is 375 g/mol. The minimum atomic E-state index is -0.389. The Hall–Kier alpha value is -3.58. The molecule has 0 spiro atoms. The van der Waals surface area contributed by atoms with Gasteiger partial charge >= 0.3 is 0 Å². The Morgan fingerprint density at radius 1 is 1.00 bits per heavy atom. The summed E-state index contributed by atoms with van der Waals surface area (Å²) in [6, 6.07) is 19.8. The largest absolute Gasteiger partial charge is 0.451 e. The van der Waals surface area contributed by atoms with Gasteiger partial charge in [0, 0.05) is 11.8 Å². The fourth-order valence-corrected chi connectivity index (χ4v) is 3.37. The van der Waals surface area contributed by atoms with Gasteiger partial charge in [-0.25, -0.2) is 4.98 Å². The molecule has 4 aromatic rings. The van der Waals surface area contributed by atoms with Gasteiger partial charge in [-0.05, 0) is 35.0 Å². The summed E-state index contributed by atoms with van der Waals surface area (Å²) in [5, 5.41) is 6.14. The molecule has 0 saturated carbocycles. The highest BCUT2D eigenvalue weighted by Crippen LogP contribution is 2.30. The predicted octanol–water partition coefficient (Wildman–Crippen LogP) is 5.72. The number of carbonyl (C=O) groups is 1. The van der Waals surface area contributed by atoms with E-state index >= 15 is 0 Å². The van der Waals surface area contributed by atoms with Crippen molar-refractivity contribution in [2.24, 2.45) is 5.18 Å². The van der Waals surface area contributed by atoms with E-state index in [1.54, 1.807) is 42.6 Å². The van der Waals surface area contributed by atoms with Gasteiger partial charge in [0.1, 0.15) is 11.4 Å². The van der Waals surface area contributed by atoms with Crippen molar-refractivity contribution >= 4 is 28.1 Å². The molecule has 0 saturated heterocycles. The van der Waals surface area contributed by atoms with Crippen LogP contribution >= 0.6 is 11.3 Å². The number of aromatic nitrogens is 1. The summed E-state index contributed by atoms with van der Waals surface area (Å²) >= 11 is 1.39. The molecule has 1 amide bonds. The van der Waals surface area contributed by atoms with Crippen LogP contribution in [0.25, 0.3) is 21.8 Å². The van der Waals surface area contributed by atoms with E-state index in [4.69, 9.17) is 4.42 Å². The molecule has 7 heteroatoms. The van der Waals surface area contributed by atoms with Crippen molar-refractivity contribution in [1.29, 1.82) is 0 Å². The molecule has 1 N–H and O–H groups in total. The van der Waals surface area contributed by atoms with E-state index < -0.39 is 0 Å². The van der Waals surface area contributed by atoms with Crippen LogP contribution in [0.5, 0.6) is 0 Å². The average Bonchev–Trinajstić information content (AvgIpc) is 3.39. The van der Waals surface area contributed by atoms with Crippen LogP contribution in [0.3, 0.4) is 0 Å². The van der Waals surface area contributed by atoms with E-state index in [0.29, 0.717) is 22.1 Å². The topological polar surface area (TPSA) is 84.6 Å². The van der Waals surface area contributed by atoms with Crippen molar-refractivity contribution < 1.29 is 9.21 Å². The molecule has 2 aromatic heterocycles. The minimum Gasteiger partial charge on any atom is -0.451 e. The van der Waals surface area contributed by atoms with Gasteiger partial charge in [-0.3, -0.25) is 10.1 Å². The zero-order valence-electron chi connectivity index (χ0n) is 14.0. The lowest BCUT2D eigenvalue weighted by molar-refractivity contribution is 0.0997. The number of nitrogens with zero attached hydrogens (tertiary/aromatic N) is 2. The number of carbonyl (C=O) groups excluding carboxylic acids is 1. The Labute approximate surface area is 158 Å². The lowest BCUT2D eigenvalue weighted by Gasteiger charge is -1.99. The van der Waals surface area contributed by atoms with E-state index in [2.05, 4.69) is 15.5 Å². The SMILES string of the molecule is O=Nc1cccc(-c2ccc(C(=O)Nc3ncc(-c4ccccc4)s3)o2)c1. The molecule has 0 unspecified atom stereocenters. The van der Waals surface area contributed by atoms with Crippen LogP contribution in [0.15, 0.2) is 82.5 Å². The Morgan fingerprint density at radius 2 is 1.81 bits per heavy atom. The number of furan rings is 1. The fraction of sp³-hybridized carbons (Fsp3) is 0. The lowest BCUT2D eigenvalue weighted by atomic mass is 10.1. The molecular weight excluding hydrogens is 362 g/mol. The molecule has 0 fully saturated rings. The third-order valence-electron chi connectivity index (χ3n) is 3.85. The summed E-state index contributed by atoms with van der Waals surface area (Å²) in [6.07, 6.45) is 1.72. The summed E-state index contributed by atoms with van der Waals surface area (Å²) in [5.41, 5.74) is 2.01. The summed E-state index contributed by atoms with van der Waals surface area (Å²) in [5.74, 6) is 0.251. The quantitative estimate of drug-likeness (QED) is 0.452.